The number of rotatable bonds is 2. The molecule has 16 heavy (non-hydrogen) atoms. The maximum absolute atomic E-state index is 11.7. The van der Waals surface area contributed by atoms with Gasteiger partial charge >= 0.3 is 0 Å². The number of amidine groups is 1. The third kappa shape index (κ3) is 2.78. The van der Waals surface area contributed by atoms with Gasteiger partial charge in [0.05, 0.1) is 11.3 Å². The molecule has 0 spiro atoms. The molecular formula is C12H20N2OS. The number of thioether (sulfide) groups is 1. The van der Waals surface area contributed by atoms with Crippen molar-refractivity contribution in [3.63, 3.8) is 0 Å². The summed E-state index contributed by atoms with van der Waals surface area (Å²) in [7, 11) is 0. The first-order valence-electron chi connectivity index (χ1n) is 6.22. The first kappa shape index (κ1) is 12.0. The Morgan fingerprint density at radius 1 is 1.31 bits per heavy atom. The Hall–Kier alpha value is -0.510. The number of carbonyl (C=O) groups excluding carboxylic acids is 1. The normalized spacial score (nSPS) is 30.1. The predicted molar refractivity (Wildman–Crippen MR) is 68.7 cm³/mol. The Balaban J connectivity index is 1.96. The van der Waals surface area contributed by atoms with Crippen LogP contribution in [0.25, 0.3) is 0 Å². The fourth-order valence-electron chi connectivity index (χ4n) is 2.26. The van der Waals surface area contributed by atoms with E-state index in [1.807, 2.05) is 0 Å². The van der Waals surface area contributed by atoms with E-state index < -0.39 is 0 Å². The fraction of sp³-hybridized carbons (Fsp3) is 0.833. The van der Waals surface area contributed by atoms with Crippen LogP contribution in [0.2, 0.25) is 0 Å². The summed E-state index contributed by atoms with van der Waals surface area (Å²) in [5, 5.41) is 3.82. The molecule has 1 atom stereocenters. The number of nitrogens with zero attached hydrogens (tertiary/aromatic N) is 1. The van der Waals surface area contributed by atoms with Gasteiger partial charge in [-0.2, -0.15) is 0 Å². The van der Waals surface area contributed by atoms with Crippen LogP contribution < -0.4 is 5.32 Å². The molecule has 3 nitrogen and oxygen atoms in total. The van der Waals surface area contributed by atoms with Crippen LogP contribution in [0.3, 0.4) is 0 Å². The van der Waals surface area contributed by atoms with Gasteiger partial charge in [-0.3, -0.25) is 9.79 Å². The SMILES string of the molecule is CC(C)C1SC(=NC2CCCCC2)NC1=O. The van der Waals surface area contributed by atoms with E-state index in [4.69, 9.17) is 0 Å². The molecule has 1 heterocycles. The monoisotopic (exact) mass is 240 g/mol. The second-order valence-electron chi connectivity index (χ2n) is 5.00. The first-order chi connectivity index (χ1) is 7.66. The smallest absolute Gasteiger partial charge is 0.239 e. The summed E-state index contributed by atoms with van der Waals surface area (Å²) in [5.41, 5.74) is 0. The minimum Gasteiger partial charge on any atom is -0.304 e. The van der Waals surface area contributed by atoms with E-state index in [1.165, 1.54) is 32.1 Å². The van der Waals surface area contributed by atoms with Crippen molar-refractivity contribution >= 4 is 22.8 Å². The van der Waals surface area contributed by atoms with Gasteiger partial charge in [-0.15, -0.1) is 0 Å². The molecule has 1 unspecified atom stereocenters. The van der Waals surface area contributed by atoms with Gasteiger partial charge in [0.1, 0.15) is 0 Å². The van der Waals surface area contributed by atoms with Crippen LogP contribution in [0.1, 0.15) is 46.0 Å². The Bertz CT molecular complexity index is 295. The lowest BCUT2D eigenvalue weighted by atomic mass is 9.96. The highest BCUT2D eigenvalue weighted by Crippen LogP contribution is 2.28. The van der Waals surface area contributed by atoms with Crippen molar-refractivity contribution in [2.75, 3.05) is 0 Å². The van der Waals surface area contributed by atoms with Crippen LogP contribution in [0.5, 0.6) is 0 Å². The highest BCUT2D eigenvalue weighted by atomic mass is 32.2. The highest BCUT2D eigenvalue weighted by Gasteiger charge is 2.32. The summed E-state index contributed by atoms with van der Waals surface area (Å²) in [6.45, 7) is 4.17. The van der Waals surface area contributed by atoms with Crippen molar-refractivity contribution in [2.45, 2.75) is 57.2 Å². The van der Waals surface area contributed by atoms with Gasteiger partial charge < -0.3 is 5.32 Å². The van der Waals surface area contributed by atoms with E-state index in [-0.39, 0.29) is 11.2 Å². The Kier molecular flexibility index (Phi) is 3.90. The van der Waals surface area contributed by atoms with Crippen molar-refractivity contribution in [1.82, 2.24) is 5.32 Å². The average Bonchev–Trinajstić information content (AvgIpc) is 2.61. The molecule has 1 saturated carbocycles. The Morgan fingerprint density at radius 3 is 2.56 bits per heavy atom. The van der Waals surface area contributed by atoms with Gasteiger partial charge in [0.25, 0.3) is 0 Å². The lowest BCUT2D eigenvalue weighted by Crippen LogP contribution is -2.28. The summed E-state index contributed by atoms with van der Waals surface area (Å²) < 4.78 is 0. The molecule has 1 saturated heterocycles. The molecule has 2 fully saturated rings. The third-order valence-corrected chi connectivity index (χ3v) is 4.65. The van der Waals surface area contributed by atoms with Crippen molar-refractivity contribution < 1.29 is 4.79 Å². The van der Waals surface area contributed by atoms with Crippen LogP contribution in [0.4, 0.5) is 0 Å². The number of carbonyl (C=O) groups is 1. The zero-order valence-electron chi connectivity index (χ0n) is 10.0. The summed E-state index contributed by atoms with van der Waals surface area (Å²) >= 11 is 1.61. The van der Waals surface area contributed by atoms with Gasteiger partial charge in [0, 0.05) is 0 Å². The van der Waals surface area contributed by atoms with Crippen LogP contribution >= 0.6 is 11.8 Å². The zero-order chi connectivity index (χ0) is 11.5. The number of amides is 1. The molecule has 0 aromatic carbocycles. The minimum atomic E-state index is 0.0577. The standard InChI is InChI=1S/C12H20N2OS/c1-8(2)10-11(15)14-12(16-10)13-9-6-4-3-5-7-9/h8-10H,3-7H2,1-2H3,(H,13,14,15). The first-order valence-corrected chi connectivity index (χ1v) is 7.10. The summed E-state index contributed by atoms with van der Waals surface area (Å²) in [4.78, 5) is 16.3. The molecule has 4 heteroatoms. The van der Waals surface area contributed by atoms with Crippen LogP contribution in [-0.2, 0) is 4.79 Å². The lowest BCUT2D eigenvalue weighted by molar-refractivity contribution is -0.119. The molecule has 0 bridgehead atoms. The largest absolute Gasteiger partial charge is 0.304 e. The van der Waals surface area contributed by atoms with Gasteiger partial charge in [-0.25, -0.2) is 0 Å². The molecular weight excluding hydrogens is 220 g/mol. The lowest BCUT2D eigenvalue weighted by Gasteiger charge is -2.17. The van der Waals surface area contributed by atoms with Crippen molar-refractivity contribution in [3.05, 3.63) is 0 Å². The molecule has 0 aromatic rings. The van der Waals surface area contributed by atoms with Gasteiger partial charge in [-0.05, 0) is 18.8 Å². The minimum absolute atomic E-state index is 0.0577. The molecule has 2 rings (SSSR count). The average molecular weight is 240 g/mol. The number of nitrogens with one attached hydrogen (secondary N) is 1. The van der Waals surface area contributed by atoms with E-state index in [1.54, 1.807) is 11.8 Å². The van der Waals surface area contributed by atoms with Crippen LogP contribution in [-0.4, -0.2) is 22.4 Å². The molecule has 2 aliphatic rings. The summed E-state index contributed by atoms with van der Waals surface area (Å²) in [5.74, 6) is 0.513. The quantitative estimate of drug-likeness (QED) is 0.806. The van der Waals surface area contributed by atoms with Crippen LogP contribution in [0.15, 0.2) is 4.99 Å². The van der Waals surface area contributed by atoms with E-state index in [9.17, 15) is 4.79 Å². The molecule has 1 amide bonds. The van der Waals surface area contributed by atoms with E-state index in [0.29, 0.717) is 12.0 Å². The zero-order valence-corrected chi connectivity index (χ0v) is 10.8. The number of hydrogen-bond acceptors (Lipinski definition) is 3. The van der Waals surface area contributed by atoms with Gasteiger partial charge in [0.2, 0.25) is 5.91 Å². The summed E-state index contributed by atoms with van der Waals surface area (Å²) in [6, 6.07) is 0.447. The van der Waals surface area contributed by atoms with Gasteiger partial charge in [0.15, 0.2) is 5.17 Å². The van der Waals surface area contributed by atoms with Crippen LogP contribution in [0, 0.1) is 5.92 Å². The summed E-state index contributed by atoms with van der Waals surface area (Å²) in [6.07, 6.45) is 6.29. The molecule has 1 aliphatic carbocycles. The second kappa shape index (κ2) is 5.21. The van der Waals surface area contributed by atoms with E-state index in [2.05, 4.69) is 24.2 Å². The Labute approximate surface area is 101 Å². The second-order valence-corrected chi connectivity index (χ2v) is 6.13. The number of hydrogen-bond donors (Lipinski definition) is 1. The van der Waals surface area contributed by atoms with Crippen molar-refractivity contribution in [1.29, 1.82) is 0 Å². The molecule has 1 N–H and O–H groups in total. The predicted octanol–water partition coefficient (Wildman–Crippen LogP) is 2.56. The van der Waals surface area contributed by atoms with Crippen molar-refractivity contribution in [3.8, 4) is 0 Å². The maximum atomic E-state index is 11.7. The number of aliphatic imine (C=N–C) groups is 1. The maximum Gasteiger partial charge on any atom is 0.239 e. The fourth-order valence-corrected chi connectivity index (χ4v) is 3.31. The highest BCUT2D eigenvalue weighted by molar-refractivity contribution is 8.15. The van der Waals surface area contributed by atoms with Gasteiger partial charge in [-0.1, -0.05) is 44.9 Å². The Morgan fingerprint density at radius 2 is 2.00 bits per heavy atom. The molecule has 0 radical (unpaired) electrons. The molecule has 90 valence electrons. The van der Waals surface area contributed by atoms with Crippen molar-refractivity contribution in [2.24, 2.45) is 10.9 Å². The third-order valence-electron chi connectivity index (χ3n) is 3.21. The topological polar surface area (TPSA) is 41.5 Å². The van der Waals surface area contributed by atoms with E-state index in [0.717, 1.165) is 5.17 Å². The molecule has 0 aromatic heterocycles. The van der Waals surface area contributed by atoms with E-state index >= 15 is 0 Å². The molecule has 1 aliphatic heterocycles.